The van der Waals surface area contributed by atoms with Gasteiger partial charge in [-0.05, 0) is 49.1 Å². The van der Waals surface area contributed by atoms with Gasteiger partial charge >= 0.3 is 5.97 Å². The Morgan fingerprint density at radius 2 is 1.75 bits per heavy atom. The zero-order valence-corrected chi connectivity index (χ0v) is 15.6. The van der Waals surface area contributed by atoms with Crippen molar-refractivity contribution in [2.45, 2.75) is 25.7 Å². The first-order valence-electron chi connectivity index (χ1n) is 9.49. The molecule has 2 aromatic carbocycles. The maximum atomic E-state index is 12.6. The summed E-state index contributed by atoms with van der Waals surface area (Å²) in [6.07, 6.45) is 2.09. The fraction of sp³-hybridized carbons (Fsp3) is 0.318. The predicted octanol–water partition coefficient (Wildman–Crippen LogP) is 3.19. The second-order valence-corrected chi connectivity index (χ2v) is 7.04. The van der Waals surface area contributed by atoms with E-state index in [-0.39, 0.29) is 24.2 Å². The van der Waals surface area contributed by atoms with Gasteiger partial charge in [0.2, 0.25) is 5.91 Å². The molecule has 1 heterocycles. The fourth-order valence-electron chi connectivity index (χ4n) is 3.39. The minimum absolute atomic E-state index is 0.0408. The van der Waals surface area contributed by atoms with Gasteiger partial charge in [0.05, 0.1) is 5.92 Å². The van der Waals surface area contributed by atoms with Gasteiger partial charge in [0.25, 0.3) is 5.91 Å². The van der Waals surface area contributed by atoms with Gasteiger partial charge < -0.3 is 15.3 Å². The standard InChI is InChI=1S/C22H24N2O4/c25-20(26)13-10-16-8-11-19(12-9-16)23-21(27)18-7-4-14-24(15-18)22(28)17-5-2-1-3-6-17/h1-3,5-6,8-9,11-12,18H,4,7,10,13-15H2,(H,23,27)(H,25,26). The Kier molecular flexibility index (Phi) is 6.42. The van der Waals surface area contributed by atoms with E-state index in [1.807, 2.05) is 30.3 Å². The number of aryl methyl sites for hydroxylation is 1. The molecule has 1 aliphatic rings. The molecule has 6 heteroatoms. The predicted molar refractivity (Wildman–Crippen MR) is 106 cm³/mol. The van der Waals surface area contributed by atoms with Crippen LogP contribution < -0.4 is 5.32 Å². The highest BCUT2D eigenvalue weighted by atomic mass is 16.4. The third-order valence-corrected chi connectivity index (χ3v) is 4.95. The number of carboxylic acids is 1. The highest BCUT2D eigenvalue weighted by molar-refractivity contribution is 5.96. The Hall–Kier alpha value is -3.15. The van der Waals surface area contributed by atoms with Gasteiger partial charge in [0, 0.05) is 30.8 Å². The highest BCUT2D eigenvalue weighted by Crippen LogP contribution is 2.21. The molecule has 1 unspecified atom stereocenters. The van der Waals surface area contributed by atoms with Crippen LogP contribution in [0.4, 0.5) is 5.69 Å². The number of hydrogen-bond acceptors (Lipinski definition) is 3. The summed E-state index contributed by atoms with van der Waals surface area (Å²) in [5.41, 5.74) is 2.23. The summed E-state index contributed by atoms with van der Waals surface area (Å²) < 4.78 is 0. The summed E-state index contributed by atoms with van der Waals surface area (Å²) >= 11 is 0. The van der Waals surface area contributed by atoms with E-state index in [0.29, 0.717) is 30.8 Å². The second-order valence-electron chi connectivity index (χ2n) is 7.04. The van der Waals surface area contributed by atoms with Crippen molar-refractivity contribution in [3.8, 4) is 0 Å². The van der Waals surface area contributed by atoms with Crippen LogP contribution in [0.15, 0.2) is 54.6 Å². The number of carbonyl (C=O) groups is 3. The summed E-state index contributed by atoms with van der Waals surface area (Å²) in [5.74, 6) is -1.21. The number of piperidine rings is 1. The first-order valence-corrected chi connectivity index (χ1v) is 9.49. The molecule has 0 radical (unpaired) electrons. The van der Waals surface area contributed by atoms with Crippen molar-refractivity contribution in [1.29, 1.82) is 0 Å². The van der Waals surface area contributed by atoms with Crippen LogP contribution in [0, 0.1) is 5.92 Å². The van der Waals surface area contributed by atoms with Gasteiger partial charge in [-0.15, -0.1) is 0 Å². The number of aliphatic carboxylic acids is 1. The van der Waals surface area contributed by atoms with Crippen LogP contribution in [0.3, 0.4) is 0 Å². The van der Waals surface area contributed by atoms with Crippen LogP contribution in [-0.2, 0) is 16.0 Å². The summed E-state index contributed by atoms with van der Waals surface area (Å²) in [6, 6.07) is 16.3. The van der Waals surface area contributed by atoms with Crippen LogP contribution in [0.5, 0.6) is 0 Å². The average Bonchev–Trinajstić information content (AvgIpc) is 2.73. The summed E-state index contributed by atoms with van der Waals surface area (Å²) in [6.45, 7) is 1.08. The molecular weight excluding hydrogens is 356 g/mol. The lowest BCUT2D eigenvalue weighted by molar-refractivity contribution is -0.137. The first kappa shape index (κ1) is 19.6. The Morgan fingerprint density at radius 1 is 1.04 bits per heavy atom. The number of carbonyl (C=O) groups excluding carboxylic acids is 2. The number of nitrogens with one attached hydrogen (secondary N) is 1. The quantitative estimate of drug-likeness (QED) is 0.806. The molecule has 1 saturated heterocycles. The third kappa shape index (κ3) is 5.19. The fourth-order valence-corrected chi connectivity index (χ4v) is 3.39. The van der Waals surface area contributed by atoms with E-state index in [1.54, 1.807) is 29.2 Å². The van der Waals surface area contributed by atoms with Crippen LogP contribution in [0.2, 0.25) is 0 Å². The Morgan fingerprint density at radius 3 is 2.43 bits per heavy atom. The van der Waals surface area contributed by atoms with Gasteiger partial charge in [-0.25, -0.2) is 0 Å². The third-order valence-electron chi connectivity index (χ3n) is 4.95. The number of carboxylic acid groups (broad SMARTS) is 1. The highest BCUT2D eigenvalue weighted by Gasteiger charge is 2.28. The molecule has 3 rings (SSSR count). The molecule has 0 bridgehead atoms. The van der Waals surface area contributed by atoms with Gasteiger partial charge in [0.15, 0.2) is 0 Å². The number of amides is 2. The van der Waals surface area contributed by atoms with E-state index in [4.69, 9.17) is 5.11 Å². The van der Waals surface area contributed by atoms with Gasteiger partial charge in [-0.3, -0.25) is 14.4 Å². The van der Waals surface area contributed by atoms with Gasteiger partial charge in [-0.2, -0.15) is 0 Å². The SMILES string of the molecule is O=C(O)CCc1ccc(NC(=O)C2CCCN(C(=O)c3ccccc3)C2)cc1. The molecule has 0 aromatic heterocycles. The van der Waals surface area contributed by atoms with Crippen LogP contribution in [0.1, 0.15) is 35.2 Å². The largest absolute Gasteiger partial charge is 0.481 e. The molecule has 1 aliphatic heterocycles. The normalized spacial score (nSPS) is 16.4. The molecule has 2 N–H and O–H groups in total. The van der Waals surface area contributed by atoms with E-state index >= 15 is 0 Å². The monoisotopic (exact) mass is 380 g/mol. The first-order chi connectivity index (χ1) is 13.5. The zero-order chi connectivity index (χ0) is 19.9. The van der Waals surface area contributed by atoms with E-state index in [1.165, 1.54) is 0 Å². The number of nitrogens with zero attached hydrogens (tertiary/aromatic N) is 1. The summed E-state index contributed by atoms with van der Waals surface area (Å²) in [5, 5.41) is 11.7. The average molecular weight is 380 g/mol. The van der Waals surface area contributed by atoms with Crippen LogP contribution >= 0.6 is 0 Å². The van der Waals surface area contributed by atoms with Crippen LogP contribution in [0.25, 0.3) is 0 Å². The number of anilines is 1. The van der Waals surface area contributed by atoms with Crippen molar-refractivity contribution in [3.63, 3.8) is 0 Å². The minimum atomic E-state index is -0.829. The molecule has 6 nitrogen and oxygen atoms in total. The lowest BCUT2D eigenvalue weighted by atomic mass is 9.96. The van der Waals surface area contributed by atoms with Crippen molar-refractivity contribution in [2.24, 2.45) is 5.92 Å². The van der Waals surface area contributed by atoms with Crippen molar-refractivity contribution >= 4 is 23.5 Å². The minimum Gasteiger partial charge on any atom is -0.481 e. The van der Waals surface area contributed by atoms with Gasteiger partial charge in [0.1, 0.15) is 0 Å². The smallest absolute Gasteiger partial charge is 0.303 e. The van der Waals surface area contributed by atoms with E-state index in [2.05, 4.69) is 5.32 Å². The van der Waals surface area contributed by atoms with E-state index in [9.17, 15) is 14.4 Å². The second kappa shape index (κ2) is 9.17. The Labute approximate surface area is 164 Å². The molecule has 1 fully saturated rings. The maximum absolute atomic E-state index is 12.6. The van der Waals surface area contributed by atoms with Crippen molar-refractivity contribution in [3.05, 3.63) is 65.7 Å². The van der Waals surface area contributed by atoms with E-state index in [0.717, 1.165) is 18.4 Å². The number of benzene rings is 2. The summed E-state index contributed by atoms with van der Waals surface area (Å²) in [7, 11) is 0. The molecule has 0 saturated carbocycles. The molecule has 146 valence electrons. The molecule has 28 heavy (non-hydrogen) atoms. The Balaban J connectivity index is 1.56. The van der Waals surface area contributed by atoms with Crippen LogP contribution in [-0.4, -0.2) is 40.9 Å². The number of hydrogen-bond donors (Lipinski definition) is 2. The van der Waals surface area contributed by atoms with Crippen molar-refractivity contribution in [1.82, 2.24) is 4.90 Å². The van der Waals surface area contributed by atoms with Gasteiger partial charge in [-0.1, -0.05) is 30.3 Å². The molecule has 2 aromatic rings. The number of rotatable bonds is 6. The lowest BCUT2D eigenvalue weighted by Crippen LogP contribution is -2.43. The Bertz CT molecular complexity index is 833. The zero-order valence-electron chi connectivity index (χ0n) is 15.6. The lowest BCUT2D eigenvalue weighted by Gasteiger charge is -2.32. The van der Waals surface area contributed by atoms with E-state index < -0.39 is 5.97 Å². The topological polar surface area (TPSA) is 86.7 Å². The summed E-state index contributed by atoms with van der Waals surface area (Å²) in [4.78, 5) is 37.7. The number of likely N-dealkylation sites (tertiary alicyclic amines) is 1. The molecular formula is C22H24N2O4. The molecule has 1 atom stereocenters. The van der Waals surface area contributed by atoms with Crippen molar-refractivity contribution < 1.29 is 19.5 Å². The molecule has 2 amide bonds. The van der Waals surface area contributed by atoms with Crippen molar-refractivity contribution in [2.75, 3.05) is 18.4 Å². The maximum Gasteiger partial charge on any atom is 0.303 e. The molecule has 0 spiro atoms. The molecule has 0 aliphatic carbocycles.